The van der Waals surface area contributed by atoms with Gasteiger partial charge in [0.05, 0.1) is 10.6 Å². The summed E-state index contributed by atoms with van der Waals surface area (Å²) in [5, 5.41) is 18.4. The van der Waals surface area contributed by atoms with Gasteiger partial charge >= 0.3 is 0 Å². The van der Waals surface area contributed by atoms with Crippen molar-refractivity contribution >= 4 is 17.3 Å². The van der Waals surface area contributed by atoms with E-state index in [4.69, 9.17) is 0 Å². The van der Waals surface area contributed by atoms with E-state index >= 15 is 0 Å². The number of non-ortho nitro benzene ring substituents is 1. The molecule has 2 rings (SSSR count). The molecule has 1 heterocycles. The van der Waals surface area contributed by atoms with Crippen molar-refractivity contribution in [2.75, 3.05) is 0 Å². The zero-order valence-corrected chi connectivity index (χ0v) is 11.5. The topological polar surface area (TPSA) is 102 Å². The van der Waals surface area contributed by atoms with Crippen molar-refractivity contribution in [3.05, 3.63) is 57.9 Å². The highest BCUT2D eigenvalue weighted by atomic mass is 16.6. The van der Waals surface area contributed by atoms with Crippen molar-refractivity contribution in [3.8, 4) is 0 Å². The van der Waals surface area contributed by atoms with E-state index in [2.05, 4.69) is 15.6 Å². The molecule has 0 aliphatic rings. The second kappa shape index (κ2) is 5.95. The summed E-state index contributed by atoms with van der Waals surface area (Å²) in [6, 6.07) is 7.50. The van der Waals surface area contributed by atoms with Gasteiger partial charge in [0.25, 0.3) is 11.6 Å². The first kappa shape index (κ1) is 14.4. The third kappa shape index (κ3) is 3.30. The number of aromatic nitrogens is 2. The number of hydrazone groups is 1. The van der Waals surface area contributed by atoms with Crippen molar-refractivity contribution in [1.29, 1.82) is 0 Å². The van der Waals surface area contributed by atoms with Crippen molar-refractivity contribution in [2.45, 2.75) is 6.92 Å². The smallest absolute Gasteiger partial charge is 0.266 e. The molecule has 0 saturated heterocycles. The van der Waals surface area contributed by atoms with Gasteiger partial charge in [-0.15, -0.1) is 0 Å². The SMILES string of the molecule is CC(=NNC(=O)c1ccnn1C)c1ccc([N+](=O)[O-])cc1. The first-order chi connectivity index (χ1) is 9.99. The number of carbonyl (C=O) groups is 1. The average Bonchev–Trinajstić information content (AvgIpc) is 2.90. The van der Waals surface area contributed by atoms with Gasteiger partial charge in [-0.2, -0.15) is 10.2 Å². The number of carbonyl (C=O) groups excluding carboxylic acids is 1. The van der Waals surface area contributed by atoms with E-state index in [1.165, 1.54) is 23.0 Å². The maximum atomic E-state index is 11.8. The van der Waals surface area contributed by atoms with Gasteiger partial charge in [-0.3, -0.25) is 19.6 Å². The summed E-state index contributed by atoms with van der Waals surface area (Å²) in [4.78, 5) is 21.9. The minimum absolute atomic E-state index is 0.00507. The quantitative estimate of drug-likeness (QED) is 0.522. The normalized spacial score (nSPS) is 11.2. The van der Waals surface area contributed by atoms with E-state index in [1.807, 2.05) is 0 Å². The second-order valence-electron chi connectivity index (χ2n) is 4.28. The largest absolute Gasteiger partial charge is 0.289 e. The van der Waals surface area contributed by atoms with E-state index in [1.54, 1.807) is 32.2 Å². The minimum atomic E-state index is -0.472. The predicted molar refractivity (Wildman–Crippen MR) is 76.0 cm³/mol. The van der Waals surface area contributed by atoms with Crippen molar-refractivity contribution in [3.63, 3.8) is 0 Å². The van der Waals surface area contributed by atoms with Crippen LogP contribution in [-0.4, -0.2) is 26.3 Å². The molecule has 108 valence electrons. The highest BCUT2D eigenvalue weighted by Crippen LogP contribution is 2.12. The van der Waals surface area contributed by atoms with Crippen LogP contribution in [0.4, 0.5) is 5.69 Å². The van der Waals surface area contributed by atoms with Gasteiger partial charge in [-0.05, 0) is 30.7 Å². The highest BCUT2D eigenvalue weighted by Gasteiger charge is 2.09. The van der Waals surface area contributed by atoms with Crippen LogP contribution in [0.3, 0.4) is 0 Å². The van der Waals surface area contributed by atoms with Crippen LogP contribution in [0.1, 0.15) is 23.0 Å². The molecule has 0 spiro atoms. The Bertz CT molecular complexity index is 703. The molecule has 0 bridgehead atoms. The Labute approximate surface area is 120 Å². The molecule has 8 heteroatoms. The molecular formula is C13H13N5O3. The lowest BCUT2D eigenvalue weighted by Crippen LogP contribution is -2.22. The second-order valence-corrected chi connectivity index (χ2v) is 4.28. The highest BCUT2D eigenvalue weighted by molar-refractivity contribution is 6.00. The third-order valence-electron chi connectivity index (χ3n) is 2.87. The van der Waals surface area contributed by atoms with Crippen LogP contribution in [0.15, 0.2) is 41.6 Å². The maximum absolute atomic E-state index is 11.8. The molecule has 1 aromatic heterocycles. The molecule has 1 amide bonds. The van der Waals surface area contributed by atoms with Crippen LogP contribution < -0.4 is 5.43 Å². The van der Waals surface area contributed by atoms with E-state index in [9.17, 15) is 14.9 Å². The van der Waals surface area contributed by atoms with Crippen molar-refractivity contribution < 1.29 is 9.72 Å². The predicted octanol–water partition coefficient (Wildman–Crippen LogP) is 1.48. The number of benzene rings is 1. The zero-order valence-electron chi connectivity index (χ0n) is 11.5. The zero-order chi connectivity index (χ0) is 15.4. The van der Waals surface area contributed by atoms with Crippen molar-refractivity contribution in [1.82, 2.24) is 15.2 Å². The Morgan fingerprint density at radius 2 is 2.00 bits per heavy atom. The molecule has 0 aliphatic heterocycles. The van der Waals surface area contributed by atoms with Crippen molar-refractivity contribution in [2.24, 2.45) is 12.1 Å². The molecule has 21 heavy (non-hydrogen) atoms. The van der Waals surface area contributed by atoms with Gasteiger partial charge in [-0.1, -0.05) is 0 Å². The van der Waals surface area contributed by atoms with Gasteiger partial charge in [0.2, 0.25) is 0 Å². The number of nitro benzene ring substituents is 1. The third-order valence-corrected chi connectivity index (χ3v) is 2.87. The standard InChI is InChI=1S/C13H13N5O3/c1-9(10-3-5-11(6-4-10)18(20)21)15-16-13(19)12-7-8-14-17(12)2/h3-8H,1-2H3,(H,16,19). The summed E-state index contributed by atoms with van der Waals surface area (Å²) in [6.07, 6.45) is 1.52. The molecule has 0 fully saturated rings. The van der Waals surface area contributed by atoms with Gasteiger partial charge in [0.15, 0.2) is 0 Å². The van der Waals surface area contributed by atoms with E-state index in [-0.39, 0.29) is 11.6 Å². The summed E-state index contributed by atoms with van der Waals surface area (Å²) in [7, 11) is 1.65. The molecule has 0 radical (unpaired) electrons. The molecular weight excluding hydrogens is 274 g/mol. The van der Waals surface area contributed by atoms with Crippen LogP contribution in [0.2, 0.25) is 0 Å². The molecule has 0 atom stereocenters. The number of nitrogens with zero attached hydrogens (tertiary/aromatic N) is 4. The first-order valence-electron chi connectivity index (χ1n) is 6.06. The molecule has 0 saturated carbocycles. The van der Waals surface area contributed by atoms with E-state index < -0.39 is 4.92 Å². The Hall–Kier alpha value is -3.03. The Kier molecular flexibility index (Phi) is 4.07. The molecule has 2 aromatic rings. The van der Waals surface area contributed by atoms with Crippen LogP contribution in [0.5, 0.6) is 0 Å². The van der Waals surface area contributed by atoms with Gasteiger partial charge in [0, 0.05) is 25.4 Å². The molecule has 0 aliphatic carbocycles. The Morgan fingerprint density at radius 1 is 1.33 bits per heavy atom. The summed E-state index contributed by atoms with van der Waals surface area (Å²) < 4.78 is 1.44. The van der Waals surface area contributed by atoms with Crippen LogP contribution >= 0.6 is 0 Å². The van der Waals surface area contributed by atoms with Gasteiger partial charge < -0.3 is 0 Å². The number of nitro groups is 1. The maximum Gasteiger partial charge on any atom is 0.289 e. The molecule has 1 N–H and O–H groups in total. The summed E-state index contributed by atoms with van der Waals surface area (Å²) in [5.41, 5.74) is 4.03. The van der Waals surface area contributed by atoms with Gasteiger partial charge in [-0.25, -0.2) is 5.43 Å². The molecule has 0 unspecified atom stereocenters. The average molecular weight is 287 g/mol. The number of amides is 1. The lowest BCUT2D eigenvalue weighted by molar-refractivity contribution is -0.384. The number of nitrogens with one attached hydrogen (secondary N) is 1. The number of hydrogen-bond donors (Lipinski definition) is 1. The minimum Gasteiger partial charge on any atom is -0.266 e. The summed E-state index contributed by atoms with van der Waals surface area (Å²) in [6.45, 7) is 1.70. The fourth-order valence-electron chi connectivity index (χ4n) is 1.68. The summed E-state index contributed by atoms with van der Waals surface area (Å²) >= 11 is 0. The number of aryl methyl sites for hydroxylation is 1. The van der Waals surface area contributed by atoms with E-state index in [0.29, 0.717) is 17.0 Å². The Balaban J connectivity index is 2.09. The molecule has 8 nitrogen and oxygen atoms in total. The van der Waals surface area contributed by atoms with Crippen LogP contribution in [0.25, 0.3) is 0 Å². The number of hydrogen-bond acceptors (Lipinski definition) is 5. The van der Waals surface area contributed by atoms with Gasteiger partial charge in [0.1, 0.15) is 5.69 Å². The number of rotatable bonds is 4. The fraction of sp³-hybridized carbons (Fsp3) is 0.154. The Morgan fingerprint density at radius 3 is 2.52 bits per heavy atom. The van der Waals surface area contributed by atoms with Crippen LogP contribution in [-0.2, 0) is 7.05 Å². The fourth-order valence-corrected chi connectivity index (χ4v) is 1.68. The first-order valence-corrected chi connectivity index (χ1v) is 6.06. The van der Waals surface area contributed by atoms with Crippen LogP contribution in [0, 0.1) is 10.1 Å². The van der Waals surface area contributed by atoms with E-state index in [0.717, 1.165) is 0 Å². The summed E-state index contributed by atoms with van der Waals surface area (Å²) in [5.74, 6) is -0.378. The monoisotopic (exact) mass is 287 g/mol. The lowest BCUT2D eigenvalue weighted by Gasteiger charge is -2.03. The lowest BCUT2D eigenvalue weighted by atomic mass is 10.1. The molecule has 1 aromatic carbocycles.